The Kier molecular flexibility index (Phi) is 2.64. The molecule has 0 radical (unpaired) electrons. The minimum absolute atomic E-state index is 0.358. The Morgan fingerprint density at radius 3 is 2.72 bits per heavy atom. The highest BCUT2D eigenvalue weighted by Gasteiger charge is 2.36. The molecule has 0 spiro atoms. The monoisotopic (exact) mass is 265 g/mol. The van der Waals surface area contributed by atoms with Crippen molar-refractivity contribution in [3.63, 3.8) is 0 Å². The van der Waals surface area contributed by atoms with E-state index in [2.05, 4.69) is 5.10 Å². The highest BCUT2D eigenvalue weighted by molar-refractivity contribution is 6.30. The van der Waals surface area contributed by atoms with Gasteiger partial charge in [0.1, 0.15) is 0 Å². The molecule has 18 heavy (non-hydrogen) atoms. The topological polar surface area (TPSA) is 43.8 Å². The number of rotatable bonds is 2. The van der Waals surface area contributed by atoms with Crippen molar-refractivity contribution in [3.05, 3.63) is 47.0 Å². The lowest BCUT2D eigenvalue weighted by Crippen LogP contribution is -2.44. The largest absolute Gasteiger partial charge is 0.321 e. The highest BCUT2D eigenvalue weighted by atomic mass is 35.5. The van der Waals surface area contributed by atoms with Gasteiger partial charge in [-0.1, -0.05) is 11.6 Å². The van der Waals surface area contributed by atoms with Gasteiger partial charge in [0.2, 0.25) is 0 Å². The molecule has 1 aromatic heterocycles. The first-order valence-corrected chi connectivity index (χ1v) is 6.26. The molecule has 0 unspecified atom stereocenters. The summed E-state index contributed by atoms with van der Waals surface area (Å²) in [6.07, 6.45) is 5.47. The summed E-state index contributed by atoms with van der Waals surface area (Å²) in [6, 6.07) is 5.45. The van der Waals surface area contributed by atoms with Gasteiger partial charge in [0.15, 0.2) is 5.82 Å². The molecular weight excluding hydrogens is 253 g/mol. The third kappa shape index (κ3) is 1.82. The molecule has 3 rings (SSSR count). The van der Waals surface area contributed by atoms with Crippen LogP contribution in [-0.2, 0) is 5.54 Å². The number of hydrogen-bond acceptors (Lipinski definition) is 2. The van der Waals surface area contributed by atoms with Gasteiger partial charge >= 0.3 is 0 Å². The number of aromatic nitrogens is 2. The zero-order valence-electron chi connectivity index (χ0n) is 9.74. The predicted octanol–water partition coefficient (Wildman–Crippen LogP) is 3.00. The third-order valence-corrected chi connectivity index (χ3v) is 3.77. The fraction of sp³-hybridized carbons (Fsp3) is 0.308. The molecule has 1 fully saturated rings. The second-order valence-electron chi connectivity index (χ2n) is 4.77. The zero-order chi connectivity index (χ0) is 12.8. The number of hydrogen-bond donors (Lipinski definition) is 1. The summed E-state index contributed by atoms with van der Waals surface area (Å²) >= 11 is 6.04. The van der Waals surface area contributed by atoms with E-state index in [4.69, 9.17) is 17.3 Å². The SMILES string of the molecule is NC1(c2cc(Cl)ccc2-n2cc(F)cn2)CCC1. The Morgan fingerprint density at radius 1 is 1.39 bits per heavy atom. The zero-order valence-corrected chi connectivity index (χ0v) is 10.5. The highest BCUT2D eigenvalue weighted by Crippen LogP contribution is 2.42. The van der Waals surface area contributed by atoms with E-state index in [0.29, 0.717) is 5.02 Å². The quantitative estimate of drug-likeness (QED) is 0.907. The van der Waals surface area contributed by atoms with E-state index in [1.165, 1.54) is 17.1 Å². The van der Waals surface area contributed by atoms with Gasteiger partial charge in [-0.25, -0.2) is 9.07 Å². The summed E-state index contributed by atoms with van der Waals surface area (Å²) in [5, 5.41) is 4.63. The van der Waals surface area contributed by atoms with Crippen LogP contribution in [0.5, 0.6) is 0 Å². The van der Waals surface area contributed by atoms with Gasteiger partial charge in [0.25, 0.3) is 0 Å². The Morgan fingerprint density at radius 2 is 2.17 bits per heavy atom. The minimum atomic E-state index is -0.365. The fourth-order valence-corrected chi connectivity index (χ4v) is 2.54. The lowest BCUT2D eigenvalue weighted by atomic mass is 9.72. The van der Waals surface area contributed by atoms with E-state index in [9.17, 15) is 4.39 Å². The van der Waals surface area contributed by atoms with E-state index in [1.54, 1.807) is 6.07 Å². The van der Waals surface area contributed by atoms with Crippen LogP contribution in [0.4, 0.5) is 4.39 Å². The van der Waals surface area contributed by atoms with Crippen LogP contribution in [0.2, 0.25) is 5.02 Å². The first kappa shape index (κ1) is 11.7. The van der Waals surface area contributed by atoms with Crippen LogP contribution in [-0.4, -0.2) is 9.78 Å². The normalized spacial score (nSPS) is 17.5. The van der Waals surface area contributed by atoms with Gasteiger partial charge in [-0.05, 0) is 43.0 Å². The Hall–Kier alpha value is -1.39. The molecule has 0 saturated heterocycles. The molecule has 1 aliphatic rings. The van der Waals surface area contributed by atoms with Crippen LogP contribution in [0.25, 0.3) is 5.69 Å². The molecule has 0 amide bonds. The Labute approximate surface area is 109 Å². The molecule has 2 N–H and O–H groups in total. The van der Waals surface area contributed by atoms with Crippen molar-refractivity contribution in [1.82, 2.24) is 9.78 Å². The molecule has 5 heteroatoms. The maximum Gasteiger partial charge on any atom is 0.161 e. The van der Waals surface area contributed by atoms with E-state index in [0.717, 1.165) is 30.5 Å². The second kappa shape index (κ2) is 4.07. The number of benzene rings is 1. The molecule has 2 aromatic rings. The van der Waals surface area contributed by atoms with E-state index in [1.807, 2.05) is 12.1 Å². The molecule has 0 atom stereocenters. The maximum absolute atomic E-state index is 13.1. The smallest absolute Gasteiger partial charge is 0.161 e. The van der Waals surface area contributed by atoms with Crippen molar-refractivity contribution in [2.75, 3.05) is 0 Å². The standard InChI is InChI=1S/C13H13ClFN3/c14-9-2-3-12(18-8-10(15)7-17-18)11(6-9)13(16)4-1-5-13/h2-3,6-8H,1,4-5,16H2. The first-order chi connectivity index (χ1) is 8.58. The van der Waals surface area contributed by atoms with Gasteiger partial charge in [-0.15, -0.1) is 0 Å². The Balaban J connectivity index is 2.14. The van der Waals surface area contributed by atoms with Crippen molar-refractivity contribution in [3.8, 4) is 5.69 Å². The van der Waals surface area contributed by atoms with Crippen LogP contribution in [0.15, 0.2) is 30.6 Å². The average molecular weight is 266 g/mol. The average Bonchev–Trinajstić information content (AvgIpc) is 2.72. The summed E-state index contributed by atoms with van der Waals surface area (Å²) < 4.78 is 14.6. The molecule has 1 aliphatic carbocycles. The van der Waals surface area contributed by atoms with Crippen molar-refractivity contribution < 1.29 is 4.39 Å². The van der Waals surface area contributed by atoms with Crippen molar-refractivity contribution in [2.24, 2.45) is 5.73 Å². The third-order valence-electron chi connectivity index (χ3n) is 3.54. The molecule has 94 valence electrons. The molecule has 1 aromatic carbocycles. The van der Waals surface area contributed by atoms with Gasteiger partial charge in [0.05, 0.1) is 18.1 Å². The van der Waals surface area contributed by atoms with E-state index >= 15 is 0 Å². The first-order valence-electron chi connectivity index (χ1n) is 5.88. The molecule has 1 heterocycles. The summed E-state index contributed by atoms with van der Waals surface area (Å²) in [5.74, 6) is -0.365. The Bertz CT molecular complexity index is 590. The van der Waals surface area contributed by atoms with Gasteiger partial charge in [0, 0.05) is 10.6 Å². The second-order valence-corrected chi connectivity index (χ2v) is 5.21. The van der Waals surface area contributed by atoms with Gasteiger partial charge in [-0.3, -0.25) is 0 Å². The maximum atomic E-state index is 13.1. The number of nitrogens with zero attached hydrogens (tertiary/aromatic N) is 2. The fourth-order valence-electron chi connectivity index (χ4n) is 2.37. The lowest BCUT2D eigenvalue weighted by molar-refractivity contribution is 0.253. The summed E-state index contributed by atoms with van der Waals surface area (Å²) in [6.45, 7) is 0. The summed E-state index contributed by atoms with van der Waals surface area (Å²) in [4.78, 5) is 0. The van der Waals surface area contributed by atoms with Crippen molar-refractivity contribution >= 4 is 11.6 Å². The molecule has 0 bridgehead atoms. The van der Waals surface area contributed by atoms with E-state index < -0.39 is 0 Å². The van der Waals surface area contributed by atoms with Crippen molar-refractivity contribution in [1.29, 1.82) is 0 Å². The number of nitrogens with two attached hydrogens (primary N) is 1. The van der Waals surface area contributed by atoms with Crippen LogP contribution in [0, 0.1) is 5.82 Å². The lowest BCUT2D eigenvalue weighted by Gasteiger charge is -2.39. The minimum Gasteiger partial charge on any atom is -0.321 e. The van der Waals surface area contributed by atoms with Gasteiger partial charge < -0.3 is 5.73 Å². The molecule has 1 saturated carbocycles. The molecule has 3 nitrogen and oxygen atoms in total. The van der Waals surface area contributed by atoms with Crippen LogP contribution >= 0.6 is 11.6 Å². The van der Waals surface area contributed by atoms with E-state index in [-0.39, 0.29) is 11.4 Å². The van der Waals surface area contributed by atoms with Crippen molar-refractivity contribution in [2.45, 2.75) is 24.8 Å². The summed E-state index contributed by atoms with van der Waals surface area (Å²) in [5.41, 5.74) is 7.72. The number of halogens is 2. The van der Waals surface area contributed by atoms with Crippen LogP contribution in [0.3, 0.4) is 0 Å². The summed E-state index contributed by atoms with van der Waals surface area (Å²) in [7, 11) is 0. The molecule has 0 aliphatic heterocycles. The van der Waals surface area contributed by atoms with Crippen LogP contribution in [0.1, 0.15) is 24.8 Å². The molecular formula is C13H13ClFN3. The van der Waals surface area contributed by atoms with Crippen LogP contribution < -0.4 is 5.73 Å². The predicted molar refractivity (Wildman–Crippen MR) is 68.2 cm³/mol. The van der Waals surface area contributed by atoms with Gasteiger partial charge in [-0.2, -0.15) is 5.10 Å².